The molecule has 0 fully saturated rings. The Balaban J connectivity index is 2.30. The van der Waals surface area contributed by atoms with Crippen LogP contribution < -0.4 is 4.74 Å². The van der Waals surface area contributed by atoms with Crippen LogP contribution in [0.1, 0.15) is 16.8 Å². The van der Waals surface area contributed by atoms with Gasteiger partial charge in [-0.3, -0.25) is 0 Å². The first-order valence-electron chi connectivity index (χ1n) is 5.32. The molecule has 0 bridgehead atoms. The maximum Gasteiger partial charge on any atom is 0.220 e. The molecule has 0 aliphatic rings. The second-order valence-corrected chi connectivity index (χ2v) is 4.05. The highest BCUT2D eigenvalue weighted by Gasteiger charge is 2.10. The molecule has 3 heteroatoms. The minimum Gasteiger partial charge on any atom is -0.439 e. The molecule has 16 heavy (non-hydrogen) atoms. The summed E-state index contributed by atoms with van der Waals surface area (Å²) in [6.07, 6.45) is 0. The molecule has 0 saturated carbocycles. The highest BCUT2D eigenvalue weighted by Crippen LogP contribution is 2.26. The number of hydrogen-bond donors (Lipinski definition) is 0. The number of ether oxygens (including phenoxy) is 1. The van der Waals surface area contributed by atoms with Gasteiger partial charge in [-0.15, -0.1) is 0 Å². The number of hydrogen-bond acceptors (Lipinski definition) is 2. The lowest BCUT2D eigenvalue weighted by molar-refractivity contribution is 0.427. The molecule has 1 aromatic heterocycles. The van der Waals surface area contributed by atoms with Crippen LogP contribution >= 0.6 is 0 Å². The fraction of sp³-hybridized carbons (Fsp3) is 0.308. The fourth-order valence-corrected chi connectivity index (χ4v) is 1.60. The molecule has 0 aliphatic carbocycles. The van der Waals surface area contributed by atoms with Crippen molar-refractivity contribution in [3.8, 4) is 11.6 Å². The molecule has 0 amide bonds. The number of aryl methyl sites for hydroxylation is 3. The quantitative estimate of drug-likeness (QED) is 0.771. The van der Waals surface area contributed by atoms with E-state index >= 15 is 0 Å². The molecule has 84 valence electrons. The van der Waals surface area contributed by atoms with Gasteiger partial charge >= 0.3 is 0 Å². The lowest BCUT2D eigenvalue weighted by atomic mass is 10.2. The maximum absolute atomic E-state index is 5.82. The van der Waals surface area contributed by atoms with Gasteiger partial charge in [0.1, 0.15) is 5.75 Å². The van der Waals surface area contributed by atoms with Crippen molar-refractivity contribution in [2.75, 3.05) is 0 Å². The van der Waals surface area contributed by atoms with E-state index in [4.69, 9.17) is 4.74 Å². The first-order valence-corrected chi connectivity index (χ1v) is 5.32. The van der Waals surface area contributed by atoms with Crippen molar-refractivity contribution in [2.45, 2.75) is 20.8 Å². The van der Waals surface area contributed by atoms with Crippen molar-refractivity contribution in [1.29, 1.82) is 0 Å². The van der Waals surface area contributed by atoms with Gasteiger partial charge in [0, 0.05) is 12.6 Å². The SMILES string of the molecule is Cc1ccc(Oc2c(C)c(C)nn2C)cc1. The van der Waals surface area contributed by atoms with E-state index in [1.54, 1.807) is 4.68 Å². The van der Waals surface area contributed by atoms with Gasteiger partial charge in [0.15, 0.2) is 0 Å². The maximum atomic E-state index is 5.82. The molecule has 0 N–H and O–H groups in total. The average Bonchev–Trinajstić information content (AvgIpc) is 2.48. The second kappa shape index (κ2) is 4.00. The molecule has 0 unspecified atom stereocenters. The van der Waals surface area contributed by atoms with Gasteiger partial charge in [0.05, 0.1) is 5.69 Å². The summed E-state index contributed by atoms with van der Waals surface area (Å²) in [6.45, 7) is 6.06. The average molecular weight is 216 g/mol. The number of rotatable bonds is 2. The zero-order valence-electron chi connectivity index (χ0n) is 10.1. The Kier molecular flexibility index (Phi) is 2.69. The Labute approximate surface area is 95.7 Å². The van der Waals surface area contributed by atoms with E-state index in [1.165, 1.54) is 5.56 Å². The molecular formula is C13H16N2O. The van der Waals surface area contributed by atoms with Crippen LogP contribution in [0.25, 0.3) is 0 Å². The molecule has 0 radical (unpaired) electrons. The van der Waals surface area contributed by atoms with Crippen LogP contribution in [-0.2, 0) is 7.05 Å². The number of nitrogens with zero attached hydrogens (tertiary/aromatic N) is 2. The van der Waals surface area contributed by atoms with Gasteiger partial charge in [-0.1, -0.05) is 17.7 Å². The van der Waals surface area contributed by atoms with Crippen molar-refractivity contribution >= 4 is 0 Å². The summed E-state index contributed by atoms with van der Waals surface area (Å²) in [7, 11) is 1.89. The Morgan fingerprint density at radius 2 is 1.69 bits per heavy atom. The minimum atomic E-state index is 0.807. The van der Waals surface area contributed by atoms with Gasteiger partial charge in [-0.05, 0) is 32.9 Å². The predicted molar refractivity (Wildman–Crippen MR) is 63.9 cm³/mol. The van der Waals surface area contributed by atoms with E-state index in [0.717, 1.165) is 22.9 Å². The van der Waals surface area contributed by atoms with E-state index in [1.807, 2.05) is 45.2 Å². The Morgan fingerprint density at radius 3 is 2.19 bits per heavy atom. The lowest BCUT2D eigenvalue weighted by Crippen LogP contribution is -1.95. The number of benzene rings is 1. The summed E-state index contributed by atoms with van der Waals surface area (Å²) in [6, 6.07) is 8.01. The Morgan fingerprint density at radius 1 is 1.06 bits per heavy atom. The molecule has 0 spiro atoms. The molecular weight excluding hydrogens is 200 g/mol. The third-order valence-electron chi connectivity index (χ3n) is 2.69. The highest BCUT2D eigenvalue weighted by atomic mass is 16.5. The van der Waals surface area contributed by atoms with Crippen LogP contribution in [0.15, 0.2) is 24.3 Å². The summed E-state index contributed by atoms with van der Waals surface area (Å²) in [5, 5.41) is 4.32. The van der Waals surface area contributed by atoms with Crippen molar-refractivity contribution in [2.24, 2.45) is 7.05 Å². The largest absolute Gasteiger partial charge is 0.439 e. The molecule has 1 aromatic carbocycles. The van der Waals surface area contributed by atoms with Crippen LogP contribution in [0.2, 0.25) is 0 Å². The monoisotopic (exact) mass is 216 g/mol. The summed E-state index contributed by atoms with van der Waals surface area (Å²) >= 11 is 0. The summed E-state index contributed by atoms with van der Waals surface area (Å²) in [5.74, 6) is 1.65. The molecule has 2 aromatic rings. The van der Waals surface area contributed by atoms with Gasteiger partial charge in [-0.2, -0.15) is 5.10 Å². The Hall–Kier alpha value is -1.77. The molecule has 1 heterocycles. The smallest absolute Gasteiger partial charge is 0.220 e. The van der Waals surface area contributed by atoms with Crippen molar-refractivity contribution < 1.29 is 4.74 Å². The van der Waals surface area contributed by atoms with Gasteiger partial charge in [-0.25, -0.2) is 4.68 Å². The minimum absolute atomic E-state index is 0.807. The fourth-order valence-electron chi connectivity index (χ4n) is 1.60. The number of aromatic nitrogens is 2. The lowest BCUT2D eigenvalue weighted by Gasteiger charge is -2.06. The van der Waals surface area contributed by atoms with Crippen LogP contribution in [0, 0.1) is 20.8 Å². The van der Waals surface area contributed by atoms with Crippen molar-refractivity contribution in [3.05, 3.63) is 41.1 Å². The molecule has 3 nitrogen and oxygen atoms in total. The zero-order chi connectivity index (χ0) is 11.7. The summed E-state index contributed by atoms with van der Waals surface area (Å²) in [4.78, 5) is 0. The van der Waals surface area contributed by atoms with E-state index < -0.39 is 0 Å². The van der Waals surface area contributed by atoms with Crippen molar-refractivity contribution in [1.82, 2.24) is 9.78 Å². The third-order valence-corrected chi connectivity index (χ3v) is 2.69. The van der Waals surface area contributed by atoms with E-state index in [2.05, 4.69) is 12.0 Å². The predicted octanol–water partition coefficient (Wildman–Crippen LogP) is 3.14. The van der Waals surface area contributed by atoms with Gasteiger partial charge in [0.25, 0.3) is 0 Å². The van der Waals surface area contributed by atoms with Crippen LogP contribution in [0.5, 0.6) is 11.6 Å². The van der Waals surface area contributed by atoms with Gasteiger partial charge < -0.3 is 4.74 Å². The molecule has 0 aliphatic heterocycles. The molecule has 2 rings (SSSR count). The molecule has 0 atom stereocenters. The Bertz CT molecular complexity index is 497. The van der Waals surface area contributed by atoms with E-state index in [-0.39, 0.29) is 0 Å². The highest BCUT2D eigenvalue weighted by molar-refractivity contribution is 5.35. The summed E-state index contributed by atoms with van der Waals surface area (Å²) in [5.41, 5.74) is 3.32. The van der Waals surface area contributed by atoms with Crippen LogP contribution in [0.4, 0.5) is 0 Å². The zero-order valence-corrected chi connectivity index (χ0v) is 10.1. The standard InChI is InChI=1S/C13H16N2O/c1-9-5-7-12(8-6-9)16-13-10(2)11(3)14-15(13)4/h5-8H,1-4H3. The van der Waals surface area contributed by atoms with Crippen molar-refractivity contribution in [3.63, 3.8) is 0 Å². The second-order valence-electron chi connectivity index (χ2n) is 4.05. The van der Waals surface area contributed by atoms with E-state index in [9.17, 15) is 0 Å². The van der Waals surface area contributed by atoms with Crippen LogP contribution in [0.3, 0.4) is 0 Å². The third kappa shape index (κ3) is 1.94. The van der Waals surface area contributed by atoms with Crippen LogP contribution in [-0.4, -0.2) is 9.78 Å². The molecule has 0 saturated heterocycles. The first kappa shape index (κ1) is 10.7. The first-order chi connectivity index (χ1) is 7.58. The topological polar surface area (TPSA) is 27.1 Å². The summed E-state index contributed by atoms with van der Waals surface area (Å²) < 4.78 is 7.58. The van der Waals surface area contributed by atoms with E-state index in [0.29, 0.717) is 0 Å². The van der Waals surface area contributed by atoms with Gasteiger partial charge in [0.2, 0.25) is 5.88 Å². The normalized spacial score (nSPS) is 10.5.